The molecule has 0 aliphatic heterocycles. The van der Waals surface area contributed by atoms with Crippen molar-refractivity contribution in [1.82, 2.24) is 9.97 Å². The minimum Gasteiger partial charge on any atom is -0.468 e. The van der Waals surface area contributed by atoms with E-state index in [0.717, 1.165) is 6.07 Å². The zero-order valence-electron chi connectivity index (χ0n) is 10.4. The van der Waals surface area contributed by atoms with Crippen molar-refractivity contribution in [2.24, 2.45) is 0 Å². The number of nitrogens with zero attached hydrogens (tertiary/aromatic N) is 2. The molecule has 4 nitrogen and oxygen atoms in total. The topological polar surface area (TPSA) is 52.1 Å². The van der Waals surface area contributed by atoms with Crippen LogP contribution in [0.1, 0.15) is 10.5 Å². The predicted molar refractivity (Wildman–Crippen MR) is 64.4 cm³/mol. The molecular weight excluding hydrogens is 292 g/mol. The molecule has 0 aromatic carbocycles. The molecule has 0 unspecified atom stereocenters. The average molecular weight is 300 g/mol. The van der Waals surface area contributed by atoms with Gasteiger partial charge in [-0.05, 0) is 18.2 Å². The van der Waals surface area contributed by atoms with Gasteiger partial charge in [-0.15, -0.1) is 0 Å². The van der Waals surface area contributed by atoms with Crippen molar-refractivity contribution >= 4 is 6.29 Å². The third kappa shape index (κ3) is 3.98. The van der Waals surface area contributed by atoms with Crippen LogP contribution >= 0.6 is 0 Å². The first kappa shape index (κ1) is 14.9. The fraction of sp³-hybridized carbons (Fsp3) is 0.154. The molecule has 0 N–H and O–H groups in total. The minimum atomic E-state index is -4.45. The summed E-state index contributed by atoms with van der Waals surface area (Å²) in [6.45, 7) is -1.44. The van der Waals surface area contributed by atoms with Gasteiger partial charge < -0.3 is 4.74 Å². The molecule has 2 aromatic heterocycles. The van der Waals surface area contributed by atoms with E-state index in [-0.39, 0.29) is 23.6 Å². The molecule has 0 fully saturated rings. The predicted octanol–water partition coefficient (Wildman–Crippen LogP) is 3.04. The molecule has 0 saturated carbocycles. The van der Waals surface area contributed by atoms with Crippen LogP contribution in [-0.4, -0.2) is 29.0 Å². The normalized spacial score (nSPS) is 11.2. The highest BCUT2D eigenvalue weighted by Gasteiger charge is 2.28. The van der Waals surface area contributed by atoms with Crippen molar-refractivity contribution in [3.05, 3.63) is 42.0 Å². The summed E-state index contributed by atoms with van der Waals surface area (Å²) in [5.41, 5.74) is 0.329. The zero-order valence-corrected chi connectivity index (χ0v) is 10.4. The van der Waals surface area contributed by atoms with Crippen LogP contribution in [0, 0.1) is 5.82 Å². The van der Waals surface area contributed by atoms with Crippen LogP contribution in [0.25, 0.3) is 11.3 Å². The van der Waals surface area contributed by atoms with Crippen molar-refractivity contribution in [2.75, 3.05) is 6.61 Å². The first-order valence-electron chi connectivity index (χ1n) is 5.67. The molecular formula is C13H8F4N2O2. The molecule has 2 heterocycles. The van der Waals surface area contributed by atoms with Gasteiger partial charge in [0.2, 0.25) is 5.88 Å². The fourth-order valence-electron chi connectivity index (χ4n) is 1.47. The van der Waals surface area contributed by atoms with E-state index in [1.54, 1.807) is 0 Å². The maximum absolute atomic E-state index is 13.1. The molecule has 2 rings (SSSR count). The second kappa shape index (κ2) is 5.86. The second-order valence-corrected chi connectivity index (χ2v) is 3.97. The van der Waals surface area contributed by atoms with Crippen LogP contribution in [0.4, 0.5) is 17.6 Å². The van der Waals surface area contributed by atoms with Gasteiger partial charge in [0.05, 0.1) is 5.69 Å². The number of ether oxygens (including phenoxy) is 1. The molecule has 0 radical (unpaired) electrons. The number of carbonyl (C=O) groups excluding carboxylic acids is 1. The molecule has 0 saturated heterocycles. The lowest BCUT2D eigenvalue weighted by Gasteiger charge is -2.08. The third-order valence-electron chi connectivity index (χ3n) is 2.40. The molecule has 0 bridgehead atoms. The quantitative estimate of drug-likeness (QED) is 0.643. The molecule has 110 valence electrons. The first-order chi connectivity index (χ1) is 9.89. The number of aromatic nitrogens is 2. The van der Waals surface area contributed by atoms with E-state index >= 15 is 0 Å². The van der Waals surface area contributed by atoms with Crippen LogP contribution in [0.15, 0.2) is 30.5 Å². The maximum atomic E-state index is 13.1. The Hall–Kier alpha value is -2.51. The van der Waals surface area contributed by atoms with Gasteiger partial charge in [-0.1, -0.05) is 0 Å². The molecule has 0 spiro atoms. The fourth-order valence-corrected chi connectivity index (χ4v) is 1.47. The second-order valence-electron chi connectivity index (χ2n) is 3.97. The van der Waals surface area contributed by atoms with Gasteiger partial charge in [-0.2, -0.15) is 13.2 Å². The average Bonchev–Trinajstić information content (AvgIpc) is 2.45. The first-order valence-corrected chi connectivity index (χ1v) is 5.67. The van der Waals surface area contributed by atoms with E-state index in [4.69, 9.17) is 0 Å². The summed E-state index contributed by atoms with van der Waals surface area (Å²) in [6, 6.07) is 5.04. The molecule has 0 amide bonds. The van der Waals surface area contributed by atoms with Gasteiger partial charge in [0.25, 0.3) is 0 Å². The number of aldehydes is 1. The van der Waals surface area contributed by atoms with E-state index in [0.29, 0.717) is 5.56 Å². The van der Waals surface area contributed by atoms with Gasteiger partial charge in [0, 0.05) is 17.8 Å². The summed E-state index contributed by atoms with van der Waals surface area (Å²) in [5.74, 6) is -0.958. The lowest BCUT2D eigenvalue weighted by molar-refractivity contribution is -0.154. The molecule has 2 aromatic rings. The number of carbonyl (C=O) groups is 1. The van der Waals surface area contributed by atoms with Crippen molar-refractivity contribution in [3.8, 4) is 17.1 Å². The molecule has 21 heavy (non-hydrogen) atoms. The number of alkyl halides is 3. The van der Waals surface area contributed by atoms with Crippen molar-refractivity contribution in [3.63, 3.8) is 0 Å². The summed E-state index contributed by atoms with van der Waals surface area (Å²) >= 11 is 0. The van der Waals surface area contributed by atoms with Gasteiger partial charge >= 0.3 is 6.18 Å². The van der Waals surface area contributed by atoms with Crippen molar-refractivity contribution < 1.29 is 27.1 Å². The Bertz CT molecular complexity index is 642. The lowest BCUT2D eigenvalue weighted by Crippen LogP contribution is -2.19. The van der Waals surface area contributed by atoms with E-state index in [2.05, 4.69) is 14.7 Å². The number of pyridine rings is 2. The van der Waals surface area contributed by atoms with E-state index in [9.17, 15) is 22.4 Å². The summed E-state index contributed by atoms with van der Waals surface area (Å²) in [4.78, 5) is 18.1. The van der Waals surface area contributed by atoms with E-state index in [1.165, 1.54) is 24.4 Å². The van der Waals surface area contributed by atoms with Crippen LogP contribution < -0.4 is 4.74 Å². The van der Waals surface area contributed by atoms with Crippen LogP contribution in [0.3, 0.4) is 0 Å². The highest BCUT2D eigenvalue weighted by Crippen LogP contribution is 2.21. The SMILES string of the molecule is O=Cc1nc(-c2ccc(OCC(F)(F)F)nc2)ccc1F. The summed E-state index contributed by atoms with van der Waals surface area (Å²) < 4.78 is 53.5. The smallest absolute Gasteiger partial charge is 0.422 e. The van der Waals surface area contributed by atoms with Crippen LogP contribution in [0.2, 0.25) is 0 Å². The van der Waals surface area contributed by atoms with E-state index < -0.39 is 18.6 Å². The van der Waals surface area contributed by atoms with Gasteiger partial charge in [-0.25, -0.2) is 14.4 Å². The Kier molecular flexibility index (Phi) is 4.15. The Morgan fingerprint density at radius 2 is 1.95 bits per heavy atom. The molecule has 8 heteroatoms. The summed E-state index contributed by atoms with van der Waals surface area (Å²) in [5, 5.41) is 0. The molecule has 0 aliphatic rings. The highest BCUT2D eigenvalue weighted by molar-refractivity contribution is 5.74. The summed E-state index contributed by atoms with van der Waals surface area (Å²) in [6.07, 6.45) is -2.95. The number of halogens is 4. The maximum Gasteiger partial charge on any atom is 0.422 e. The Morgan fingerprint density at radius 1 is 1.19 bits per heavy atom. The highest BCUT2D eigenvalue weighted by atomic mass is 19.4. The zero-order chi connectivity index (χ0) is 15.5. The van der Waals surface area contributed by atoms with Gasteiger partial charge in [0.15, 0.2) is 18.7 Å². The molecule has 0 aliphatic carbocycles. The Balaban J connectivity index is 2.17. The number of rotatable bonds is 4. The Morgan fingerprint density at radius 3 is 2.52 bits per heavy atom. The number of hydrogen-bond acceptors (Lipinski definition) is 4. The van der Waals surface area contributed by atoms with Crippen molar-refractivity contribution in [2.45, 2.75) is 6.18 Å². The molecule has 0 atom stereocenters. The Labute approximate surface area is 116 Å². The standard InChI is InChI=1S/C13H8F4N2O2/c14-9-2-3-10(19-11(9)6-20)8-1-4-12(18-5-8)21-7-13(15,16)17/h1-6H,7H2. The largest absolute Gasteiger partial charge is 0.468 e. The lowest BCUT2D eigenvalue weighted by atomic mass is 10.2. The van der Waals surface area contributed by atoms with Crippen LogP contribution in [-0.2, 0) is 0 Å². The van der Waals surface area contributed by atoms with Crippen molar-refractivity contribution in [1.29, 1.82) is 0 Å². The van der Waals surface area contributed by atoms with Gasteiger partial charge in [-0.3, -0.25) is 4.79 Å². The third-order valence-corrected chi connectivity index (χ3v) is 2.40. The number of hydrogen-bond donors (Lipinski definition) is 0. The van der Waals surface area contributed by atoms with E-state index in [1.807, 2.05) is 0 Å². The monoisotopic (exact) mass is 300 g/mol. The van der Waals surface area contributed by atoms with Gasteiger partial charge in [0.1, 0.15) is 5.69 Å². The van der Waals surface area contributed by atoms with Crippen LogP contribution in [0.5, 0.6) is 5.88 Å². The summed E-state index contributed by atoms with van der Waals surface area (Å²) in [7, 11) is 0. The minimum absolute atomic E-state index is 0.200.